The molecule has 3 aromatic heterocycles. The Hall–Kier alpha value is -3.72. The van der Waals surface area contributed by atoms with Crippen molar-refractivity contribution in [3.63, 3.8) is 0 Å². The largest absolute Gasteiger partial charge is 0.438 e. The van der Waals surface area contributed by atoms with Gasteiger partial charge in [-0.15, -0.1) is 0 Å². The summed E-state index contributed by atoms with van der Waals surface area (Å²) in [5.74, 6) is 0.370. The number of hydrogen-bond donors (Lipinski definition) is 1. The minimum absolute atomic E-state index is 0.160. The number of aryl methyl sites for hydroxylation is 1. The van der Waals surface area contributed by atoms with E-state index in [9.17, 15) is 8.78 Å². The van der Waals surface area contributed by atoms with Crippen LogP contribution in [0.25, 0.3) is 22.8 Å². The Morgan fingerprint density at radius 2 is 1.87 bits per heavy atom. The third kappa shape index (κ3) is 4.01. The molecule has 1 aromatic carbocycles. The predicted molar refractivity (Wildman–Crippen MR) is 107 cm³/mol. The number of aromatic nitrogens is 5. The van der Waals surface area contributed by atoms with E-state index in [-0.39, 0.29) is 23.7 Å². The fourth-order valence-electron chi connectivity index (χ4n) is 2.84. The van der Waals surface area contributed by atoms with Gasteiger partial charge in [0, 0.05) is 49.9 Å². The van der Waals surface area contributed by atoms with E-state index < -0.39 is 12.0 Å². The van der Waals surface area contributed by atoms with Crippen molar-refractivity contribution >= 4 is 0 Å². The first kappa shape index (κ1) is 19.6. The Balaban J connectivity index is 1.67. The molecule has 1 atom stereocenters. The second-order valence-corrected chi connectivity index (χ2v) is 6.49. The molecule has 0 radical (unpaired) electrons. The molecule has 7 nitrogen and oxygen atoms in total. The first-order valence-electron chi connectivity index (χ1n) is 9.14. The molecule has 152 valence electrons. The van der Waals surface area contributed by atoms with Gasteiger partial charge in [0.25, 0.3) is 0 Å². The lowest BCUT2D eigenvalue weighted by Gasteiger charge is -2.11. The number of halogens is 2. The molecule has 0 unspecified atom stereocenters. The topological polar surface area (TPSA) is 91.7 Å². The first-order valence-corrected chi connectivity index (χ1v) is 9.14. The molecule has 4 aromatic rings. The van der Waals surface area contributed by atoms with Crippen molar-refractivity contribution in [2.75, 3.05) is 6.54 Å². The Labute approximate surface area is 171 Å². The molecular formula is C21H18F2N6O. The van der Waals surface area contributed by atoms with Gasteiger partial charge in [0.2, 0.25) is 5.88 Å². The number of benzene rings is 1. The minimum atomic E-state index is -1.34. The lowest BCUT2D eigenvalue weighted by atomic mass is 10.1. The molecule has 0 aliphatic carbocycles. The van der Waals surface area contributed by atoms with E-state index >= 15 is 0 Å². The normalized spacial score (nSPS) is 12.0. The van der Waals surface area contributed by atoms with Crippen molar-refractivity contribution in [3.05, 3.63) is 72.4 Å². The number of nitrogens with zero attached hydrogens (tertiary/aromatic N) is 5. The Morgan fingerprint density at radius 3 is 2.57 bits per heavy atom. The molecule has 3 heterocycles. The summed E-state index contributed by atoms with van der Waals surface area (Å²) in [6.07, 6.45) is 3.04. The smallest absolute Gasteiger partial charge is 0.218 e. The SMILES string of the molecule is Cn1nc(-c2ccccn2)cc1Oc1cc(F)ccc1-c1ncc([C@H](F)CN)cn1. The van der Waals surface area contributed by atoms with Crippen LogP contribution in [0.15, 0.2) is 61.1 Å². The summed E-state index contributed by atoms with van der Waals surface area (Å²) in [7, 11) is 1.71. The average molecular weight is 408 g/mol. The molecule has 4 rings (SSSR count). The van der Waals surface area contributed by atoms with E-state index in [0.29, 0.717) is 22.8 Å². The van der Waals surface area contributed by atoms with Crippen molar-refractivity contribution in [2.24, 2.45) is 12.8 Å². The Kier molecular flexibility index (Phi) is 5.44. The highest BCUT2D eigenvalue weighted by Gasteiger charge is 2.16. The van der Waals surface area contributed by atoms with Crippen molar-refractivity contribution < 1.29 is 13.5 Å². The third-order valence-corrected chi connectivity index (χ3v) is 4.40. The fourth-order valence-corrected chi connectivity index (χ4v) is 2.84. The van der Waals surface area contributed by atoms with Gasteiger partial charge in [0.15, 0.2) is 5.82 Å². The van der Waals surface area contributed by atoms with Crippen molar-refractivity contribution in [3.8, 4) is 34.4 Å². The van der Waals surface area contributed by atoms with Gasteiger partial charge < -0.3 is 10.5 Å². The maximum atomic E-state index is 13.9. The quantitative estimate of drug-likeness (QED) is 0.521. The summed E-state index contributed by atoms with van der Waals surface area (Å²) in [5.41, 5.74) is 7.36. The van der Waals surface area contributed by atoms with Gasteiger partial charge in [0.1, 0.15) is 23.4 Å². The summed E-state index contributed by atoms with van der Waals surface area (Å²) < 4.78 is 35.1. The summed E-state index contributed by atoms with van der Waals surface area (Å²) in [6.45, 7) is -0.160. The van der Waals surface area contributed by atoms with Gasteiger partial charge in [-0.05, 0) is 24.3 Å². The molecule has 0 spiro atoms. The molecule has 0 aliphatic heterocycles. The van der Waals surface area contributed by atoms with E-state index in [1.807, 2.05) is 18.2 Å². The van der Waals surface area contributed by atoms with Crippen LogP contribution >= 0.6 is 0 Å². The lowest BCUT2D eigenvalue weighted by Crippen LogP contribution is -2.08. The van der Waals surface area contributed by atoms with E-state index in [4.69, 9.17) is 10.5 Å². The standard InChI is InChI=1S/C21H18F2N6O/c1-29-20(9-18(28-29)17-4-2-3-7-25-17)30-19-8-14(22)5-6-15(19)21-26-11-13(12-27-21)16(23)10-24/h2-9,11-12,16H,10,24H2,1H3/t16-/m1/s1. The number of ether oxygens (including phenoxy) is 1. The van der Waals surface area contributed by atoms with Crippen LogP contribution in [-0.2, 0) is 7.05 Å². The summed E-state index contributed by atoms with van der Waals surface area (Å²) in [4.78, 5) is 12.6. The highest BCUT2D eigenvalue weighted by Crippen LogP contribution is 2.33. The molecule has 0 fully saturated rings. The summed E-state index contributed by atoms with van der Waals surface area (Å²) in [5, 5.41) is 4.39. The van der Waals surface area contributed by atoms with Crippen LogP contribution < -0.4 is 10.5 Å². The second kappa shape index (κ2) is 8.34. The monoisotopic (exact) mass is 408 g/mol. The van der Waals surface area contributed by atoms with Crippen LogP contribution in [0.3, 0.4) is 0 Å². The molecule has 9 heteroatoms. The molecule has 30 heavy (non-hydrogen) atoms. The molecule has 2 N–H and O–H groups in total. The van der Waals surface area contributed by atoms with Crippen molar-refractivity contribution in [2.45, 2.75) is 6.17 Å². The lowest BCUT2D eigenvalue weighted by molar-refractivity contribution is 0.351. The summed E-state index contributed by atoms with van der Waals surface area (Å²) in [6, 6.07) is 11.2. The Bertz CT molecular complexity index is 1150. The van der Waals surface area contributed by atoms with Crippen LogP contribution in [0, 0.1) is 5.82 Å². The van der Waals surface area contributed by atoms with Crippen LogP contribution in [0.5, 0.6) is 11.6 Å². The second-order valence-electron chi connectivity index (χ2n) is 6.49. The maximum Gasteiger partial charge on any atom is 0.218 e. The van der Waals surface area contributed by atoms with Crippen molar-refractivity contribution in [1.82, 2.24) is 24.7 Å². The number of pyridine rings is 1. The average Bonchev–Trinajstić information content (AvgIpc) is 3.14. The third-order valence-electron chi connectivity index (χ3n) is 4.40. The van der Waals surface area contributed by atoms with E-state index in [2.05, 4.69) is 20.1 Å². The van der Waals surface area contributed by atoms with Crippen LogP contribution in [0.1, 0.15) is 11.7 Å². The van der Waals surface area contributed by atoms with Gasteiger partial charge in [-0.1, -0.05) is 6.07 Å². The van der Waals surface area contributed by atoms with E-state index in [1.165, 1.54) is 35.3 Å². The molecule has 0 saturated heterocycles. The molecule has 0 saturated carbocycles. The molecule has 0 amide bonds. The van der Waals surface area contributed by atoms with Crippen LogP contribution in [0.2, 0.25) is 0 Å². The number of alkyl halides is 1. The zero-order chi connectivity index (χ0) is 21.1. The van der Waals surface area contributed by atoms with E-state index in [0.717, 1.165) is 0 Å². The van der Waals surface area contributed by atoms with Gasteiger partial charge in [-0.3, -0.25) is 4.98 Å². The zero-order valence-corrected chi connectivity index (χ0v) is 16.0. The number of nitrogens with two attached hydrogens (primary N) is 1. The summed E-state index contributed by atoms with van der Waals surface area (Å²) >= 11 is 0. The van der Waals surface area contributed by atoms with Crippen LogP contribution in [0.4, 0.5) is 8.78 Å². The van der Waals surface area contributed by atoms with Gasteiger partial charge in [-0.25, -0.2) is 23.4 Å². The molecule has 0 bridgehead atoms. The first-order chi connectivity index (χ1) is 14.5. The highest BCUT2D eigenvalue weighted by atomic mass is 19.1. The van der Waals surface area contributed by atoms with Gasteiger partial charge >= 0.3 is 0 Å². The zero-order valence-electron chi connectivity index (χ0n) is 16.0. The van der Waals surface area contributed by atoms with Gasteiger partial charge in [0.05, 0.1) is 11.3 Å². The molecular weight excluding hydrogens is 390 g/mol. The number of hydrogen-bond acceptors (Lipinski definition) is 6. The maximum absolute atomic E-state index is 13.9. The molecule has 0 aliphatic rings. The minimum Gasteiger partial charge on any atom is -0.438 e. The number of rotatable bonds is 6. The fraction of sp³-hybridized carbons (Fsp3) is 0.143. The highest BCUT2D eigenvalue weighted by molar-refractivity contribution is 5.65. The van der Waals surface area contributed by atoms with Gasteiger partial charge in [-0.2, -0.15) is 5.10 Å². The Morgan fingerprint density at radius 1 is 1.07 bits per heavy atom. The van der Waals surface area contributed by atoms with Crippen LogP contribution in [-0.4, -0.2) is 31.3 Å². The van der Waals surface area contributed by atoms with E-state index in [1.54, 1.807) is 19.3 Å². The predicted octanol–water partition coefficient (Wildman–Crippen LogP) is 3.84. The van der Waals surface area contributed by atoms with Crippen molar-refractivity contribution in [1.29, 1.82) is 0 Å².